The average molecular weight is 361 g/mol. The molecule has 140 valence electrons. The van der Waals surface area contributed by atoms with E-state index in [0.717, 1.165) is 5.56 Å². The highest BCUT2D eigenvalue weighted by Crippen LogP contribution is 2.30. The van der Waals surface area contributed by atoms with E-state index in [4.69, 9.17) is 14.2 Å². The zero-order chi connectivity index (χ0) is 18.9. The Kier molecular flexibility index (Phi) is 7.26. The molecule has 26 heavy (non-hydrogen) atoms. The van der Waals surface area contributed by atoms with Crippen LogP contribution in [0.1, 0.15) is 32.4 Å². The largest absolute Gasteiger partial charge is 0.490 e. The monoisotopic (exact) mass is 361 g/mol. The quantitative estimate of drug-likeness (QED) is 0.736. The van der Waals surface area contributed by atoms with Gasteiger partial charge in [0.15, 0.2) is 18.1 Å². The summed E-state index contributed by atoms with van der Waals surface area (Å²) in [5, 5.41) is 2.85. The summed E-state index contributed by atoms with van der Waals surface area (Å²) in [6.45, 7) is 6.55. The minimum atomic E-state index is -0.408. The van der Waals surface area contributed by atoms with Crippen LogP contribution in [0.2, 0.25) is 0 Å². The van der Waals surface area contributed by atoms with Crippen molar-refractivity contribution in [1.29, 1.82) is 0 Å². The molecule has 0 radical (unpaired) electrons. The third-order valence-corrected chi connectivity index (χ3v) is 3.61. The zero-order valence-electron chi connectivity index (χ0n) is 15.3. The molecule has 1 atom stereocenters. The topological polar surface area (TPSA) is 56.8 Å². The summed E-state index contributed by atoms with van der Waals surface area (Å²) >= 11 is 0. The Morgan fingerprint density at radius 2 is 1.77 bits per heavy atom. The zero-order valence-corrected chi connectivity index (χ0v) is 15.3. The van der Waals surface area contributed by atoms with Crippen molar-refractivity contribution in [3.05, 3.63) is 53.8 Å². The molecule has 0 unspecified atom stereocenters. The van der Waals surface area contributed by atoms with Crippen molar-refractivity contribution in [3.8, 4) is 17.2 Å². The smallest absolute Gasteiger partial charge is 0.258 e. The molecule has 0 aliphatic rings. The number of ether oxygens (including phenoxy) is 3. The molecule has 0 bridgehead atoms. The van der Waals surface area contributed by atoms with Gasteiger partial charge in [-0.25, -0.2) is 4.39 Å². The average Bonchev–Trinajstić information content (AvgIpc) is 2.62. The second-order valence-corrected chi connectivity index (χ2v) is 5.61. The molecule has 5 nitrogen and oxygen atoms in total. The molecule has 0 aliphatic carbocycles. The van der Waals surface area contributed by atoms with Crippen molar-refractivity contribution in [2.24, 2.45) is 0 Å². The van der Waals surface area contributed by atoms with Gasteiger partial charge in [0.05, 0.1) is 19.3 Å². The van der Waals surface area contributed by atoms with E-state index in [1.807, 2.05) is 39.0 Å². The van der Waals surface area contributed by atoms with E-state index in [-0.39, 0.29) is 18.6 Å². The summed E-state index contributed by atoms with van der Waals surface area (Å²) in [4.78, 5) is 12.1. The highest BCUT2D eigenvalue weighted by molar-refractivity contribution is 5.78. The van der Waals surface area contributed by atoms with Crippen LogP contribution in [0.15, 0.2) is 42.5 Å². The highest BCUT2D eigenvalue weighted by atomic mass is 19.1. The predicted molar refractivity (Wildman–Crippen MR) is 97.2 cm³/mol. The van der Waals surface area contributed by atoms with Crippen LogP contribution in [0.3, 0.4) is 0 Å². The van der Waals surface area contributed by atoms with E-state index in [9.17, 15) is 9.18 Å². The lowest BCUT2D eigenvalue weighted by atomic mass is 10.1. The SMILES string of the molecule is CCOc1ccc([C@H](C)NC(=O)COc2cccc(F)c2)cc1OCC. The number of rotatable bonds is 9. The lowest BCUT2D eigenvalue weighted by molar-refractivity contribution is -0.123. The Hall–Kier alpha value is -2.76. The van der Waals surface area contributed by atoms with Crippen molar-refractivity contribution in [2.75, 3.05) is 19.8 Å². The number of hydrogen-bond donors (Lipinski definition) is 1. The molecular weight excluding hydrogens is 337 g/mol. The molecule has 0 saturated heterocycles. The first-order chi connectivity index (χ1) is 12.5. The second kappa shape index (κ2) is 9.65. The fourth-order valence-electron chi connectivity index (χ4n) is 2.41. The van der Waals surface area contributed by atoms with Gasteiger partial charge in [-0.05, 0) is 50.6 Å². The Morgan fingerprint density at radius 1 is 1.04 bits per heavy atom. The van der Waals surface area contributed by atoms with E-state index in [1.165, 1.54) is 18.2 Å². The van der Waals surface area contributed by atoms with Gasteiger partial charge >= 0.3 is 0 Å². The van der Waals surface area contributed by atoms with Crippen molar-refractivity contribution < 1.29 is 23.4 Å². The van der Waals surface area contributed by atoms with Crippen molar-refractivity contribution in [1.82, 2.24) is 5.32 Å². The number of amides is 1. The molecule has 0 aliphatic heterocycles. The molecule has 1 N–H and O–H groups in total. The molecule has 0 aromatic heterocycles. The number of carbonyl (C=O) groups is 1. The van der Waals surface area contributed by atoms with Gasteiger partial charge in [-0.15, -0.1) is 0 Å². The van der Waals surface area contributed by atoms with E-state index in [0.29, 0.717) is 30.5 Å². The normalized spacial score (nSPS) is 11.5. The van der Waals surface area contributed by atoms with Gasteiger partial charge in [-0.3, -0.25) is 4.79 Å². The van der Waals surface area contributed by atoms with E-state index >= 15 is 0 Å². The summed E-state index contributed by atoms with van der Waals surface area (Å²) in [5.74, 6) is 0.922. The van der Waals surface area contributed by atoms with Gasteiger partial charge in [0.2, 0.25) is 0 Å². The molecule has 0 spiro atoms. The van der Waals surface area contributed by atoms with Crippen LogP contribution in [0, 0.1) is 5.82 Å². The lowest BCUT2D eigenvalue weighted by Crippen LogP contribution is -2.31. The second-order valence-electron chi connectivity index (χ2n) is 5.61. The molecule has 0 heterocycles. The summed E-state index contributed by atoms with van der Waals surface area (Å²) in [5.41, 5.74) is 0.885. The van der Waals surface area contributed by atoms with Gasteiger partial charge in [0.1, 0.15) is 11.6 Å². The van der Waals surface area contributed by atoms with E-state index in [2.05, 4.69) is 5.32 Å². The number of benzene rings is 2. The first-order valence-corrected chi connectivity index (χ1v) is 8.60. The Morgan fingerprint density at radius 3 is 2.46 bits per heavy atom. The lowest BCUT2D eigenvalue weighted by Gasteiger charge is -2.17. The van der Waals surface area contributed by atoms with Crippen LogP contribution in [0.25, 0.3) is 0 Å². The fourth-order valence-corrected chi connectivity index (χ4v) is 2.41. The van der Waals surface area contributed by atoms with Gasteiger partial charge in [-0.1, -0.05) is 12.1 Å². The number of nitrogens with one attached hydrogen (secondary N) is 1. The Bertz CT molecular complexity index is 736. The summed E-state index contributed by atoms with van der Waals surface area (Å²) in [6.07, 6.45) is 0. The molecule has 0 saturated carbocycles. The first-order valence-electron chi connectivity index (χ1n) is 8.60. The van der Waals surface area contributed by atoms with E-state index in [1.54, 1.807) is 6.07 Å². The maximum Gasteiger partial charge on any atom is 0.258 e. The van der Waals surface area contributed by atoms with Gasteiger partial charge < -0.3 is 19.5 Å². The number of carbonyl (C=O) groups excluding carboxylic acids is 1. The summed E-state index contributed by atoms with van der Waals surface area (Å²) in [6, 6.07) is 11.0. The van der Waals surface area contributed by atoms with E-state index < -0.39 is 5.82 Å². The maximum atomic E-state index is 13.1. The fraction of sp³-hybridized carbons (Fsp3) is 0.350. The number of hydrogen-bond acceptors (Lipinski definition) is 4. The predicted octanol–water partition coefficient (Wildman–Crippen LogP) is 3.88. The Balaban J connectivity index is 1.96. The third kappa shape index (κ3) is 5.65. The van der Waals surface area contributed by atoms with Crippen LogP contribution in [0.5, 0.6) is 17.2 Å². The van der Waals surface area contributed by atoms with Crippen LogP contribution >= 0.6 is 0 Å². The molecular formula is C20H24FNO4. The molecule has 2 rings (SSSR count). The molecule has 6 heteroatoms. The standard InChI is InChI=1S/C20H24FNO4/c1-4-24-18-10-9-15(11-19(18)25-5-2)14(3)22-20(23)13-26-17-8-6-7-16(21)12-17/h6-12,14H,4-5,13H2,1-3H3,(H,22,23)/t14-/m0/s1. The first kappa shape index (κ1) is 19.6. The van der Waals surface area contributed by atoms with Gasteiger partial charge in [-0.2, -0.15) is 0 Å². The van der Waals surface area contributed by atoms with Crippen LogP contribution in [0.4, 0.5) is 4.39 Å². The maximum absolute atomic E-state index is 13.1. The molecule has 1 amide bonds. The van der Waals surface area contributed by atoms with Gasteiger partial charge in [0, 0.05) is 6.07 Å². The molecule has 0 fully saturated rings. The van der Waals surface area contributed by atoms with Gasteiger partial charge in [0.25, 0.3) is 5.91 Å². The third-order valence-electron chi connectivity index (χ3n) is 3.61. The van der Waals surface area contributed by atoms with Crippen molar-refractivity contribution in [3.63, 3.8) is 0 Å². The van der Waals surface area contributed by atoms with Crippen LogP contribution in [-0.4, -0.2) is 25.7 Å². The molecule has 2 aromatic carbocycles. The van der Waals surface area contributed by atoms with Crippen LogP contribution < -0.4 is 19.5 Å². The summed E-state index contributed by atoms with van der Waals surface area (Å²) in [7, 11) is 0. The minimum Gasteiger partial charge on any atom is -0.490 e. The number of halogens is 1. The molecule has 2 aromatic rings. The van der Waals surface area contributed by atoms with Crippen LogP contribution in [-0.2, 0) is 4.79 Å². The highest BCUT2D eigenvalue weighted by Gasteiger charge is 2.14. The van der Waals surface area contributed by atoms with Crippen molar-refractivity contribution >= 4 is 5.91 Å². The summed E-state index contributed by atoms with van der Waals surface area (Å²) < 4.78 is 29.6. The minimum absolute atomic E-state index is 0.191. The van der Waals surface area contributed by atoms with Crippen molar-refractivity contribution in [2.45, 2.75) is 26.8 Å². The Labute approximate surface area is 153 Å².